The molecule has 2 aromatic heterocycles. The molecule has 0 unspecified atom stereocenters. The van der Waals surface area contributed by atoms with E-state index in [9.17, 15) is 4.79 Å². The molecule has 0 fully saturated rings. The average molecular weight is 387 g/mol. The molecule has 4 aromatic rings. The highest BCUT2D eigenvalue weighted by Crippen LogP contribution is 2.27. The van der Waals surface area contributed by atoms with E-state index in [1.54, 1.807) is 12.5 Å². The zero-order valence-electron chi connectivity index (χ0n) is 16.0. The smallest absolute Gasteiger partial charge is 0.279 e. The van der Waals surface area contributed by atoms with Crippen LogP contribution in [0.2, 0.25) is 0 Å². The number of rotatable bonds is 8. The number of hydrogen-bond acceptors (Lipinski definition) is 3. The highest BCUT2D eigenvalue weighted by molar-refractivity contribution is 5.96. The van der Waals surface area contributed by atoms with E-state index in [-0.39, 0.29) is 5.91 Å². The van der Waals surface area contributed by atoms with Gasteiger partial charge in [0.25, 0.3) is 5.91 Å². The van der Waals surface area contributed by atoms with Crippen molar-refractivity contribution in [1.29, 1.82) is 0 Å². The Hall–Kier alpha value is -3.57. The van der Waals surface area contributed by atoms with Gasteiger partial charge in [0.15, 0.2) is 18.1 Å². The zero-order chi connectivity index (χ0) is 19.9. The van der Waals surface area contributed by atoms with Gasteiger partial charge in [-0.15, -0.1) is 0 Å². The maximum atomic E-state index is 12.9. The number of quaternary nitrogens is 1. The number of carbonyl (C=O) groups is 1. The summed E-state index contributed by atoms with van der Waals surface area (Å²) in [4.78, 5) is 13.9. The molecule has 0 aliphatic heterocycles. The second-order valence-electron chi connectivity index (χ2n) is 6.90. The maximum Gasteiger partial charge on any atom is 0.279 e. The molecule has 2 aromatic carbocycles. The van der Waals surface area contributed by atoms with Crippen LogP contribution >= 0.6 is 0 Å². The van der Waals surface area contributed by atoms with Crippen molar-refractivity contribution in [3.63, 3.8) is 0 Å². The fourth-order valence-electron chi connectivity index (χ4n) is 3.39. The number of para-hydroxylation sites is 1. The van der Waals surface area contributed by atoms with Gasteiger partial charge < -0.3 is 19.1 Å². The third kappa shape index (κ3) is 5.03. The van der Waals surface area contributed by atoms with E-state index >= 15 is 0 Å². The number of furan rings is 2. The first-order valence-corrected chi connectivity index (χ1v) is 9.60. The Labute approximate surface area is 169 Å². The fraction of sp³-hybridized carbons (Fsp3) is 0.125. The van der Waals surface area contributed by atoms with Crippen LogP contribution in [0.5, 0.6) is 0 Å². The van der Waals surface area contributed by atoms with Crippen molar-refractivity contribution in [2.45, 2.75) is 13.1 Å². The fourth-order valence-corrected chi connectivity index (χ4v) is 3.39. The van der Waals surface area contributed by atoms with E-state index in [4.69, 9.17) is 8.83 Å². The molecular formula is C24H23N2O3+. The van der Waals surface area contributed by atoms with Gasteiger partial charge >= 0.3 is 0 Å². The lowest BCUT2D eigenvalue weighted by atomic mass is 10.0. The summed E-state index contributed by atoms with van der Waals surface area (Å²) in [5, 5.41) is 3.08. The van der Waals surface area contributed by atoms with Crippen LogP contribution in [0.3, 0.4) is 0 Å². The third-order valence-electron chi connectivity index (χ3n) is 4.71. The number of hydrogen-bond donors (Lipinski definition) is 2. The number of nitrogens with one attached hydrogen (secondary N) is 2. The highest BCUT2D eigenvalue weighted by atomic mass is 16.3. The number of carbonyl (C=O) groups excluding carboxylic acids is 1. The first-order valence-electron chi connectivity index (χ1n) is 9.60. The number of anilines is 1. The van der Waals surface area contributed by atoms with Gasteiger partial charge in [-0.2, -0.15) is 0 Å². The summed E-state index contributed by atoms with van der Waals surface area (Å²) >= 11 is 0. The summed E-state index contributed by atoms with van der Waals surface area (Å²) < 4.78 is 11.0. The largest absolute Gasteiger partial charge is 0.463 e. The van der Waals surface area contributed by atoms with Gasteiger partial charge in [0.1, 0.15) is 13.1 Å². The molecule has 2 heterocycles. The molecule has 146 valence electrons. The van der Waals surface area contributed by atoms with Crippen LogP contribution < -0.4 is 10.2 Å². The molecule has 0 saturated heterocycles. The zero-order valence-corrected chi connectivity index (χ0v) is 16.0. The summed E-state index contributed by atoms with van der Waals surface area (Å²) in [6.45, 7) is 1.49. The summed E-state index contributed by atoms with van der Waals surface area (Å²) in [5.41, 5.74) is 2.87. The van der Waals surface area contributed by atoms with Crippen molar-refractivity contribution in [3.8, 4) is 11.1 Å². The lowest BCUT2D eigenvalue weighted by Gasteiger charge is -2.18. The van der Waals surface area contributed by atoms with Crippen LogP contribution in [0.15, 0.2) is 100 Å². The monoisotopic (exact) mass is 387 g/mol. The Morgan fingerprint density at radius 2 is 1.38 bits per heavy atom. The van der Waals surface area contributed by atoms with Crippen LogP contribution in [0.25, 0.3) is 11.1 Å². The van der Waals surface area contributed by atoms with Crippen LogP contribution in [-0.2, 0) is 17.9 Å². The Morgan fingerprint density at radius 3 is 2.00 bits per heavy atom. The van der Waals surface area contributed by atoms with Crippen LogP contribution in [0.1, 0.15) is 11.5 Å². The molecule has 5 nitrogen and oxygen atoms in total. The Balaban J connectivity index is 1.48. The van der Waals surface area contributed by atoms with E-state index in [1.165, 1.54) is 0 Å². The molecule has 4 rings (SSSR count). The summed E-state index contributed by atoms with van der Waals surface area (Å²) in [6, 6.07) is 25.4. The van der Waals surface area contributed by atoms with E-state index in [1.807, 2.05) is 78.9 Å². The van der Waals surface area contributed by atoms with Crippen molar-refractivity contribution in [3.05, 3.63) is 103 Å². The van der Waals surface area contributed by atoms with Gasteiger partial charge in [-0.05, 0) is 35.9 Å². The third-order valence-corrected chi connectivity index (χ3v) is 4.71. The maximum absolute atomic E-state index is 12.9. The van der Waals surface area contributed by atoms with Crippen LogP contribution in [0.4, 0.5) is 5.69 Å². The second kappa shape index (κ2) is 9.08. The molecule has 0 bridgehead atoms. The molecule has 0 aliphatic rings. The van der Waals surface area contributed by atoms with Gasteiger partial charge in [-0.3, -0.25) is 4.79 Å². The quantitative estimate of drug-likeness (QED) is 0.484. The standard InChI is InChI=1S/C24H22N2O3/c27-24(25-23-13-5-4-12-22(23)19-8-2-1-3-9-19)18-26(16-20-10-6-14-28-20)17-21-11-7-15-29-21/h1-15H,16-18H2,(H,25,27)/p+1. The van der Waals surface area contributed by atoms with Crippen LogP contribution in [-0.4, -0.2) is 12.5 Å². The summed E-state index contributed by atoms with van der Waals surface area (Å²) in [5.74, 6) is 1.62. The van der Waals surface area contributed by atoms with Crippen molar-refractivity contribution in [2.24, 2.45) is 0 Å². The molecule has 2 N–H and O–H groups in total. The first-order chi connectivity index (χ1) is 14.3. The second-order valence-corrected chi connectivity index (χ2v) is 6.90. The minimum Gasteiger partial charge on any atom is -0.463 e. The lowest BCUT2D eigenvalue weighted by molar-refractivity contribution is -0.921. The van der Waals surface area contributed by atoms with E-state index in [2.05, 4.69) is 5.32 Å². The molecule has 0 saturated carbocycles. The average Bonchev–Trinajstić information content (AvgIpc) is 3.43. The molecule has 5 heteroatoms. The molecule has 0 aliphatic carbocycles. The molecular weight excluding hydrogens is 364 g/mol. The predicted octanol–water partition coefficient (Wildman–Crippen LogP) is 3.76. The molecule has 1 amide bonds. The highest BCUT2D eigenvalue weighted by Gasteiger charge is 2.19. The van der Waals surface area contributed by atoms with Crippen molar-refractivity contribution in [2.75, 3.05) is 11.9 Å². The topological polar surface area (TPSA) is 59.8 Å². The van der Waals surface area contributed by atoms with Gasteiger partial charge in [-0.1, -0.05) is 48.5 Å². The van der Waals surface area contributed by atoms with E-state index in [0.717, 1.165) is 33.2 Å². The Kier molecular flexibility index (Phi) is 5.88. The summed E-state index contributed by atoms with van der Waals surface area (Å²) in [7, 11) is 0. The normalized spacial score (nSPS) is 10.9. The SMILES string of the molecule is O=C(C[NH+](Cc1ccco1)Cc1ccco1)Nc1ccccc1-c1ccccc1. The molecule has 0 atom stereocenters. The molecule has 0 radical (unpaired) electrons. The van der Waals surface area contributed by atoms with Crippen molar-refractivity contribution in [1.82, 2.24) is 0 Å². The van der Waals surface area contributed by atoms with Gasteiger partial charge in [-0.25, -0.2) is 0 Å². The van der Waals surface area contributed by atoms with Gasteiger partial charge in [0.2, 0.25) is 0 Å². The van der Waals surface area contributed by atoms with Crippen molar-refractivity contribution < 1.29 is 18.5 Å². The molecule has 0 spiro atoms. The van der Waals surface area contributed by atoms with Gasteiger partial charge in [0, 0.05) is 11.3 Å². The minimum atomic E-state index is -0.0542. The predicted molar refractivity (Wildman–Crippen MR) is 111 cm³/mol. The lowest BCUT2D eigenvalue weighted by Crippen LogP contribution is -3.10. The Morgan fingerprint density at radius 1 is 0.759 bits per heavy atom. The minimum absolute atomic E-state index is 0.0542. The van der Waals surface area contributed by atoms with E-state index in [0.29, 0.717) is 19.6 Å². The number of amides is 1. The van der Waals surface area contributed by atoms with E-state index < -0.39 is 0 Å². The van der Waals surface area contributed by atoms with Crippen LogP contribution in [0, 0.1) is 0 Å². The van der Waals surface area contributed by atoms with Gasteiger partial charge in [0.05, 0.1) is 12.5 Å². The summed E-state index contributed by atoms with van der Waals surface area (Å²) in [6.07, 6.45) is 3.30. The molecule has 29 heavy (non-hydrogen) atoms. The van der Waals surface area contributed by atoms with Crippen molar-refractivity contribution >= 4 is 11.6 Å². The number of benzene rings is 2. The Bertz CT molecular complexity index is 989. The first kappa shape index (κ1) is 18.8.